The lowest BCUT2D eigenvalue weighted by molar-refractivity contribution is 0.00988. The van der Waals surface area contributed by atoms with Crippen molar-refractivity contribution in [3.05, 3.63) is 17.3 Å². The van der Waals surface area contributed by atoms with Gasteiger partial charge in [-0.25, -0.2) is 4.98 Å². The molecule has 0 saturated carbocycles. The number of rotatable bonds is 10. The van der Waals surface area contributed by atoms with Crippen molar-refractivity contribution in [1.29, 1.82) is 0 Å². The number of ether oxygens (including phenoxy) is 2. The van der Waals surface area contributed by atoms with Crippen LogP contribution in [0.5, 0.6) is 0 Å². The van der Waals surface area contributed by atoms with Gasteiger partial charge in [0.15, 0.2) is 5.96 Å². The second-order valence-corrected chi connectivity index (χ2v) is 9.07. The minimum atomic E-state index is 0. The molecule has 0 atom stereocenters. The number of aromatic nitrogens is 1. The van der Waals surface area contributed by atoms with Gasteiger partial charge in [0.2, 0.25) is 5.89 Å². The molecule has 0 radical (unpaired) electrons. The van der Waals surface area contributed by atoms with Gasteiger partial charge in [0, 0.05) is 46.5 Å². The van der Waals surface area contributed by atoms with Crippen LogP contribution in [0.4, 0.5) is 0 Å². The minimum Gasteiger partial charge on any atom is -0.444 e. The van der Waals surface area contributed by atoms with E-state index in [1.807, 2.05) is 13.8 Å². The van der Waals surface area contributed by atoms with Crippen LogP contribution in [-0.4, -0.2) is 86.4 Å². The number of piperidine rings is 2. The summed E-state index contributed by atoms with van der Waals surface area (Å²) >= 11 is 0. The van der Waals surface area contributed by atoms with Crippen molar-refractivity contribution in [3.8, 4) is 0 Å². The van der Waals surface area contributed by atoms with E-state index in [9.17, 15) is 0 Å². The lowest BCUT2D eigenvalue weighted by Gasteiger charge is -2.35. The van der Waals surface area contributed by atoms with Gasteiger partial charge in [0.1, 0.15) is 5.76 Å². The Labute approximate surface area is 216 Å². The van der Waals surface area contributed by atoms with Crippen LogP contribution in [0.3, 0.4) is 0 Å². The number of guanidine groups is 1. The van der Waals surface area contributed by atoms with E-state index < -0.39 is 0 Å². The molecule has 3 rings (SSSR count). The number of oxazole rings is 1. The second-order valence-electron chi connectivity index (χ2n) is 9.07. The van der Waals surface area contributed by atoms with E-state index in [1.54, 1.807) is 7.11 Å². The summed E-state index contributed by atoms with van der Waals surface area (Å²) in [6.45, 7) is 14.5. The molecule has 2 aliphatic rings. The number of aryl methyl sites for hydroxylation is 2. The van der Waals surface area contributed by atoms with E-state index in [2.05, 4.69) is 27.0 Å². The van der Waals surface area contributed by atoms with E-state index in [0.29, 0.717) is 12.0 Å². The number of likely N-dealkylation sites (tertiary alicyclic amines) is 2. The Morgan fingerprint density at radius 2 is 1.85 bits per heavy atom. The third-order valence-electron chi connectivity index (χ3n) is 6.56. The van der Waals surface area contributed by atoms with Crippen molar-refractivity contribution in [2.75, 3.05) is 59.6 Å². The first-order valence-corrected chi connectivity index (χ1v) is 12.4. The molecule has 1 N–H and O–H groups in total. The predicted molar refractivity (Wildman–Crippen MR) is 142 cm³/mol. The van der Waals surface area contributed by atoms with Crippen molar-refractivity contribution in [2.24, 2.45) is 10.9 Å². The van der Waals surface area contributed by atoms with E-state index >= 15 is 0 Å². The topological polar surface area (TPSA) is 75.4 Å². The zero-order valence-corrected chi connectivity index (χ0v) is 23.3. The zero-order chi connectivity index (χ0) is 22.8. The number of nitrogens with one attached hydrogen (secondary N) is 1. The number of hydrogen-bond donors (Lipinski definition) is 1. The average molecular weight is 578 g/mol. The standard InChI is InChI=1S/C24H43N5O3.HI/c1-5-25-24(29-13-9-22(10-14-29)31-16-6-15-30-4)26-17-21-7-11-28(12-8-21)18-23-27-19(2)20(3)32-23;/h21-22H,5-18H2,1-4H3,(H,25,26);1H. The molecule has 9 heteroatoms. The Balaban J connectivity index is 0.00000385. The van der Waals surface area contributed by atoms with E-state index in [1.165, 1.54) is 12.8 Å². The highest BCUT2D eigenvalue weighted by Gasteiger charge is 2.24. The number of aliphatic imine (C=N–C) groups is 1. The molecule has 2 aliphatic heterocycles. The normalized spacial score (nSPS) is 19.0. The van der Waals surface area contributed by atoms with Gasteiger partial charge < -0.3 is 24.1 Å². The van der Waals surface area contributed by atoms with Gasteiger partial charge in [0.25, 0.3) is 0 Å². The fourth-order valence-corrected chi connectivity index (χ4v) is 4.45. The van der Waals surface area contributed by atoms with Crippen LogP contribution in [0, 0.1) is 19.8 Å². The lowest BCUT2D eigenvalue weighted by atomic mass is 9.97. The van der Waals surface area contributed by atoms with Crippen LogP contribution in [0.25, 0.3) is 0 Å². The highest BCUT2D eigenvalue weighted by atomic mass is 127. The van der Waals surface area contributed by atoms with Gasteiger partial charge in [-0.2, -0.15) is 0 Å². The number of halogens is 1. The lowest BCUT2D eigenvalue weighted by Crippen LogP contribution is -2.47. The maximum absolute atomic E-state index is 6.01. The Morgan fingerprint density at radius 1 is 1.12 bits per heavy atom. The fourth-order valence-electron chi connectivity index (χ4n) is 4.45. The average Bonchev–Trinajstić information content (AvgIpc) is 3.12. The molecule has 1 aromatic heterocycles. The molecule has 2 fully saturated rings. The maximum atomic E-state index is 6.01. The maximum Gasteiger partial charge on any atom is 0.208 e. The first-order valence-electron chi connectivity index (χ1n) is 12.4. The Hall–Kier alpha value is -0.910. The van der Waals surface area contributed by atoms with Crippen molar-refractivity contribution < 1.29 is 13.9 Å². The van der Waals surface area contributed by atoms with Gasteiger partial charge in [-0.1, -0.05) is 0 Å². The van der Waals surface area contributed by atoms with E-state index in [0.717, 1.165) is 102 Å². The fraction of sp³-hybridized carbons (Fsp3) is 0.833. The van der Waals surface area contributed by atoms with Crippen LogP contribution in [0.2, 0.25) is 0 Å². The molecule has 33 heavy (non-hydrogen) atoms. The first kappa shape index (κ1) is 28.3. The molecule has 0 aliphatic carbocycles. The van der Waals surface area contributed by atoms with Crippen molar-refractivity contribution >= 4 is 29.9 Å². The van der Waals surface area contributed by atoms with E-state index in [-0.39, 0.29) is 24.0 Å². The molecule has 0 spiro atoms. The van der Waals surface area contributed by atoms with Crippen LogP contribution in [0.15, 0.2) is 9.41 Å². The highest BCUT2D eigenvalue weighted by Crippen LogP contribution is 2.21. The van der Waals surface area contributed by atoms with Gasteiger partial charge >= 0.3 is 0 Å². The summed E-state index contributed by atoms with van der Waals surface area (Å²) in [5.41, 5.74) is 1.00. The largest absolute Gasteiger partial charge is 0.444 e. The Morgan fingerprint density at radius 3 is 2.45 bits per heavy atom. The summed E-state index contributed by atoms with van der Waals surface area (Å²) in [7, 11) is 1.74. The van der Waals surface area contributed by atoms with Crippen molar-refractivity contribution in [3.63, 3.8) is 0 Å². The summed E-state index contributed by atoms with van der Waals surface area (Å²) in [6, 6.07) is 0. The molecule has 3 heterocycles. The minimum absolute atomic E-state index is 0. The highest BCUT2D eigenvalue weighted by molar-refractivity contribution is 14.0. The summed E-state index contributed by atoms with van der Waals surface area (Å²) in [5, 5.41) is 3.50. The summed E-state index contributed by atoms with van der Waals surface area (Å²) in [4.78, 5) is 14.4. The molecular formula is C24H44IN5O3. The van der Waals surface area contributed by atoms with Gasteiger partial charge in [-0.05, 0) is 71.9 Å². The Bertz CT molecular complexity index is 679. The summed E-state index contributed by atoms with van der Waals surface area (Å²) < 4.78 is 16.9. The van der Waals surface area contributed by atoms with Gasteiger partial charge in [0.05, 0.1) is 18.3 Å². The van der Waals surface area contributed by atoms with Crippen molar-refractivity contribution in [1.82, 2.24) is 20.1 Å². The van der Waals surface area contributed by atoms with Crippen LogP contribution >= 0.6 is 24.0 Å². The summed E-state index contributed by atoms with van der Waals surface area (Å²) in [6.07, 6.45) is 5.83. The number of methoxy groups -OCH3 is 1. The molecule has 2 saturated heterocycles. The molecule has 8 nitrogen and oxygen atoms in total. The van der Waals surface area contributed by atoms with Gasteiger partial charge in [-0.3, -0.25) is 9.89 Å². The molecule has 0 amide bonds. The molecular weight excluding hydrogens is 533 g/mol. The third kappa shape index (κ3) is 9.33. The smallest absolute Gasteiger partial charge is 0.208 e. The molecule has 190 valence electrons. The van der Waals surface area contributed by atoms with Crippen LogP contribution in [0.1, 0.15) is 56.4 Å². The first-order chi connectivity index (χ1) is 15.6. The van der Waals surface area contributed by atoms with Crippen LogP contribution in [-0.2, 0) is 16.0 Å². The number of nitrogens with zero attached hydrogens (tertiary/aromatic N) is 4. The molecule has 1 aromatic rings. The predicted octanol–water partition coefficient (Wildman–Crippen LogP) is 3.60. The van der Waals surface area contributed by atoms with Gasteiger partial charge in [-0.15, -0.1) is 24.0 Å². The second kappa shape index (κ2) is 15.2. The van der Waals surface area contributed by atoms with Crippen molar-refractivity contribution in [2.45, 2.75) is 65.5 Å². The molecule has 0 bridgehead atoms. The quantitative estimate of drug-likeness (QED) is 0.197. The Kier molecular flexibility index (Phi) is 13.0. The van der Waals surface area contributed by atoms with Crippen LogP contribution < -0.4 is 5.32 Å². The SMILES string of the molecule is CCNC(=NCC1CCN(Cc2nc(C)c(C)o2)CC1)N1CCC(OCCCOC)CC1.I. The summed E-state index contributed by atoms with van der Waals surface area (Å²) in [5.74, 6) is 3.49. The third-order valence-corrected chi connectivity index (χ3v) is 6.56. The monoisotopic (exact) mass is 577 g/mol. The molecule has 0 aromatic carbocycles. The molecule has 0 unspecified atom stereocenters. The zero-order valence-electron chi connectivity index (χ0n) is 21.0. The van der Waals surface area contributed by atoms with E-state index in [4.69, 9.17) is 18.9 Å². The number of hydrogen-bond acceptors (Lipinski definition) is 6.